The van der Waals surface area contributed by atoms with Crippen molar-refractivity contribution < 1.29 is 4.79 Å². The van der Waals surface area contributed by atoms with Crippen molar-refractivity contribution >= 4 is 23.5 Å². The molecule has 0 radical (unpaired) electrons. The molecule has 6 nitrogen and oxygen atoms in total. The maximum atomic E-state index is 12.6. The molecule has 2 heterocycles. The number of rotatable bonds is 7. The van der Waals surface area contributed by atoms with Gasteiger partial charge in [-0.05, 0) is 41.8 Å². The molecule has 1 amide bonds. The smallest absolute Gasteiger partial charge is 0.272 e. The maximum Gasteiger partial charge on any atom is 0.272 e. The second-order valence-corrected chi connectivity index (χ2v) is 6.45. The van der Waals surface area contributed by atoms with Gasteiger partial charge in [0.2, 0.25) is 5.95 Å². The van der Waals surface area contributed by atoms with Gasteiger partial charge in [0, 0.05) is 43.8 Å². The van der Waals surface area contributed by atoms with E-state index >= 15 is 0 Å². The Labute approximate surface area is 163 Å². The van der Waals surface area contributed by atoms with Crippen LogP contribution in [0.2, 0.25) is 5.02 Å². The van der Waals surface area contributed by atoms with E-state index in [0.29, 0.717) is 29.8 Å². The van der Waals surface area contributed by atoms with E-state index in [2.05, 4.69) is 20.3 Å². The van der Waals surface area contributed by atoms with Crippen LogP contribution >= 0.6 is 11.6 Å². The Morgan fingerprint density at radius 2 is 1.89 bits per heavy atom. The van der Waals surface area contributed by atoms with Crippen LogP contribution in [0.15, 0.2) is 61.1 Å². The zero-order valence-electron chi connectivity index (χ0n) is 15.0. The van der Waals surface area contributed by atoms with Gasteiger partial charge in [-0.25, -0.2) is 9.97 Å². The Morgan fingerprint density at radius 1 is 1.11 bits per heavy atom. The maximum absolute atomic E-state index is 12.6. The molecule has 0 fully saturated rings. The van der Waals surface area contributed by atoms with Crippen LogP contribution in [0, 0.1) is 0 Å². The molecule has 0 bridgehead atoms. The lowest BCUT2D eigenvalue weighted by molar-refractivity contribution is 0.0791. The van der Waals surface area contributed by atoms with Crippen molar-refractivity contribution in [3.63, 3.8) is 0 Å². The molecule has 0 unspecified atom stereocenters. The number of carbonyl (C=O) groups is 1. The van der Waals surface area contributed by atoms with Crippen molar-refractivity contribution in [3.8, 4) is 0 Å². The lowest BCUT2D eigenvalue weighted by Crippen LogP contribution is -2.29. The summed E-state index contributed by atoms with van der Waals surface area (Å²) in [5, 5.41) is 3.78. The fourth-order valence-electron chi connectivity index (χ4n) is 2.52. The van der Waals surface area contributed by atoms with Gasteiger partial charge in [-0.1, -0.05) is 29.8 Å². The normalized spacial score (nSPS) is 10.4. The lowest BCUT2D eigenvalue weighted by Gasteiger charge is -2.17. The molecule has 1 N–H and O–H groups in total. The standard InChI is InChI=1S/C20H20ClN5O/c1-26(13-9-15-6-10-22-11-7-15)19(27)18-8-12-23-20(25-18)24-14-16-4-2-3-5-17(16)21/h2-8,10-12H,9,13-14H2,1H3,(H,23,24,25). The molecule has 0 atom stereocenters. The Morgan fingerprint density at radius 3 is 2.67 bits per heavy atom. The van der Waals surface area contributed by atoms with Gasteiger partial charge in [-0.3, -0.25) is 9.78 Å². The highest BCUT2D eigenvalue weighted by Gasteiger charge is 2.14. The largest absolute Gasteiger partial charge is 0.350 e. The number of halogens is 1. The van der Waals surface area contributed by atoms with E-state index in [0.717, 1.165) is 17.5 Å². The summed E-state index contributed by atoms with van der Waals surface area (Å²) in [4.78, 5) is 26.8. The first-order valence-corrected chi connectivity index (χ1v) is 8.96. The van der Waals surface area contributed by atoms with E-state index in [1.807, 2.05) is 36.4 Å². The minimum atomic E-state index is -0.146. The second-order valence-electron chi connectivity index (χ2n) is 6.04. The number of nitrogens with zero attached hydrogens (tertiary/aromatic N) is 4. The molecule has 0 saturated heterocycles. The van der Waals surface area contributed by atoms with Crippen molar-refractivity contribution in [2.24, 2.45) is 0 Å². The van der Waals surface area contributed by atoms with Crippen LogP contribution in [-0.2, 0) is 13.0 Å². The number of benzene rings is 1. The van der Waals surface area contributed by atoms with Gasteiger partial charge in [0.15, 0.2) is 0 Å². The number of carbonyl (C=O) groups excluding carboxylic acids is 1. The van der Waals surface area contributed by atoms with Crippen molar-refractivity contribution in [1.82, 2.24) is 19.9 Å². The molecule has 3 aromatic rings. The zero-order valence-corrected chi connectivity index (χ0v) is 15.7. The summed E-state index contributed by atoms with van der Waals surface area (Å²) in [6.07, 6.45) is 5.83. The number of amides is 1. The average molecular weight is 382 g/mol. The number of hydrogen-bond acceptors (Lipinski definition) is 5. The van der Waals surface area contributed by atoms with Gasteiger partial charge < -0.3 is 10.2 Å². The van der Waals surface area contributed by atoms with Crippen molar-refractivity contribution in [2.75, 3.05) is 18.9 Å². The number of pyridine rings is 1. The molecule has 0 spiro atoms. The van der Waals surface area contributed by atoms with Gasteiger partial charge in [0.25, 0.3) is 5.91 Å². The first-order valence-electron chi connectivity index (χ1n) is 8.58. The molecule has 138 valence electrons. The van der Waals surface area contributed by atoms with Gasteiger partial charge in [0.05, 0.1) is 0 Å². The number of anilines is 1. The molecule has 0 aliphatic carbocycles. The molecule has 27 heavy (non-hydrogen) atoms. The average Bonchev–Trinajstić information content (AvgIpc) is 2.72. The highest BCUT2D eigenvalue weighted by molar-refractivity contribution is 6.31. The molecule has 7 heteroatoms. The van der Waals surface area contributed by atoms with E-state index in [-0.39, 0.29) is 5.91 Å². The molecule has 0 aliphatic heterocycles. The number of likely N-dealkylation sites (N-methyl/N-ethyl adjacent to an activating group) is 1. The SMILES string of the molecule is CN(CCc1ccncc1)C(=O)c1ccnc(NCc2ccccc2Cl)n1. The van der Waals surface area contributed by atoms with E-state index in [1.54, 1.807) is 36.6 Å². The van der Waals surface area contributed by atoms with Crippen LogP contribution in [0.25, 0.3) is 0 Å². The molecule has 2 aromatic heterocycles. The highest BCUT2D eigenvalue weighted by Crippen LogP contribution is 2.16. The topological polar surface area (TPSA) is 71.0 Å². The number of hydrogen-bond donors (Lipinski definition) is 1. The second kappa shape index (κ2) is 9.09. The summed E-state index contributed by atoms with van der Waals surface area (Å²) in [6, 6.07) is 13.1. The summed E-state index contributed by atoms with van der Waals surface area (Å²) in [5.41, 5.74) is 2.42. The van der Waals surface area contributed by atoms with Crippen molar-refractivity contribution in [3.05, 3.63) is 82.9 Å². The predicted octanol–water partition coefficient (Wildman–Crippen LogP) is 3.45. The molecular formula is C20H20ClN5O. The Hall–Kier alpha value is -2.99. The summed E-state index contributed by atoms with van der Waals surface area (Å²) in [5.74, 6) is 0.246. The summed E-state index contributed by atoms with van der Waals surface area (Å²) >= 11 is 6.15. The van der Waals surface area contributed by atoms with Crippen LogP contribution in [-0.4, -0.2) is 39.4 Å². The summed E-state index contributed by atoms with van der Waals surface area (Å²) < 4.78 is 0. The summed E-state index contributed by atoms with van der Waals surface area (Å²) in [6.45, 7) is 1.07. The van der Waals surface area contributed by atoms with Gasteiger partial charge in [-0.2, -0.15) is 0 Å². The quantitative estimate of drug-likeness (QED) is 0.678. The van der Waals surface area contributed by atoms with Gasteiger partial charge >= 0.3 is 0 Å². The Kier molecular flexibility index (Phi) is 6.33. The third-order valence-electron chi connectivity index (χ3n) is 4.10. The first kappa shape index (κ1) is 18.8. The fourth-order valence-corrected chi connectivity index (χ4v) is 2.72. The zero-order chi connectivity index (χ0) is 19.1. The van der Waals surface area contributed by atoms with Crippen molar-refractivity contribution in [1.29, 1.82) is 0 Å². The van der Waals surface area contributed by atoms with E-state index < -0.39 is 0 Å². The monoisotopic (exact) mass is 381 g/mol. The number of nitrogens with one attached hydrogen (secondary N) is 1. The molecular weight excluding hydrogens is 362 g/mol. The lowest BCUT2D eigenvalue weighted by atomic mass is 10.2. The van der Waals surface area contributed by atoms with Crippen LogP contribution < -0.4 is 5.32 Å². The minimum absolute atomic E-state index is 0.146. The molecule has 0 saturated carbocycles. The minimum Gasteiger partial charge on any atom is -0.350 e. The van der Waals surface area contributed by atoms with Crippen molar-refractivity contribution in [2.45, 2.75) is 13.0 Å². The third-order valence-corrected chi connectivity index (χ3v) is 4.47. The van der Waals surface area contributed by atoms with E-state index in [9.17, 15) is 4.79 Å². The molecule has 0 aliphatic rings. The fraction of sp³-hybridized carbons (Fsp3) is 0.200. The number of aromatic nitrogens is 3. The van der Waals surface area contributed by atoms with Crippen LogP contribution in [0.4, 0.5) is 5.95 Å². The van der Waals surface area contributed by atoms with Crippen LogP contribution in [0.1, 0.15) is 21.6 Å². The highest BCUT2D eigenvalue weighted by atomic mass is 35.5. The van der Waals surface area contributed by atoms with Crippen LogP contribution in [0.5, 0.6) is 0 Å². The third kappa shape index (κ3) is 5.24. The van der Waals surface area contributed by atoms with Gasteiger partial charge in [-0.15, -0.1) is 0 Å². The van der Waals surface area contributed by atoms with Gasteiger partial charge in [0.1, 0.15) is 5.69 Å². The van der Waals surface area contributed by atoms with E-state index in [1.165, 1.54) is 0 Å². The van der Waals surface area contributed by atoms with Crippen LogP contribution in [0.3, 0.4) is 0 Å². The molecule has 1 aromatic carbocycles. The first-order chi connectivity index (χ1) is 13.1. The Balaban J connectivity index is 1.60. The predicted molar refractivity (Wildman–Crippen MR) is 106 cm³/mol. The Bertz CT molecular complexity index is 904. The van der Waals surface area contributed by atoms with E-state index in [4.69, 9.17) is 11.6 Å². The molecule has 3 rings (SSSR count). The summed E-state index contributed by atoms with van der Waals surface area (Å²) in [7, 11) is 1.77.